The average molecular weight is 398 g/mol. The summed E-state index contributed by atoms with van der Waals surface area (Å²) < 4.78 is 21.7. The Kier molecular flexibility index (Phi) is 4.29. The van der Waals surface area contributed by atoms with E-state index in [2.05, 4.69) is 19.7 Å². The molecule has 5 rings (SSSR count). The number of hydrogen-bond donors (Lipinski definition) is 0. The highest BCUT2D eigenvalue weighted by Gasteiger charge is 2.31. The van der Waals surface area contributed by atoms with Gasteiger partial charge in [0.1, 0.15) is 5.82 Å². The third-order valence-electron chi connectivity index (χ3n) is 4.32. The van der Waals surface area contributed by atoms with Crippen molar-refractivity contribution in [3.63, 3.8) is 0 Å². The summed E-state index contributed by atoms with van der Waals surface area (Å²) in [5.41, 5.74) is 1.46. The molecule has 8 heteroatoms. The molecule has 1 saturated carbocycles. The van der Waals surface area contributed by atoms with Crippen LogP contribution in [0.4, 0.5) is 4.39 Å². The summed E-state index contributed by atoms with van der Waals surface area (Å²) in [7, 11) is 0. The van der Waals surface area contributed by atoms with Crippen LogP contribution in [0.15, 0.2) is 57.6 Å². The average Bonchev–Trinajstić information content (AvgIpc) is 3.10. The fraction of sp³-hybridized carbons (Fsp3) is 0.211. The molecule has 0 N–H and O–H groups in total. The Hall–Kier alpha value is -2.45. The maximum absolute atomic E-state index is 14.2. The number of thioether (sulfide) groups is 1. The van der Waals surface area contributed by atoms with E-state index in [4.69, 9.17) is 4.42 Å². The Morgan fingerprint density at radius 1 is 1.19 bits per heavy atom. The summed E-state index contributed by atoms with van der Waals surface area (Å²) in [6.45, 7) is 0. The largest absolute Gasteiger partial charge is 0.462 e. The highest BCUT2D eigenvalue weighted by molar-refractivity contribution is 7.98. The maximum atomic E-state index is 14.2. The van der Waals surface area contributed by atoms with Crippen LogP contribution >= 0.6 is 23.1 Å². The predicted molar refractivity (Wildman–Crippen MR) is 103 cm³/mol. The Balaban J connectivity index is 1.39. The molecule has 3 aromatic heterocycles. The topological polar surface area (TPSA) is 56.7 Å². The summed E-state index contributed by atoms with van der Waals surface area (Å²) in [6.07, 6.45) is 3.80. The zero-order chi connectivity index (χ0) is 18.2. The monoisotopic (exact) mass is 398 g/mol. The van der Waals surface area contributed by atoms with E-state index in [0.717, 1.165) is 34.5 Å². The SMILES string of the molecule is Fc1ccccc1-c1nnc(SCc2csc(-c3ccco3)n2)n1C1CC1. The number of nitrogens with zero attached hydrogens (tertiary/aromatic N) is 4. The lowest BCUT2D eigenvalue weighted by molar-refractivity contribution is 0.581. The first kappa shape index (κ1) is 16.7. The van der Waals surface area contributed by atoms with Crippen LogP contribution in [0.3, 0.4) is 0 Å². The van der Waals surface area contributed by atoms with Crippen molar-refractivity contribution < 1.29 is 8.81 Å². The second-order valence-corrected chi connectivity index (χ2v) is 8.10. The second-order valence-electron chi connectivity index (χ2n) is 6.30. The van der Waals surface area contributed by atoms with Crippen LogP contribution in [-0.4, -0.2) is 19.7 Å². The summed E-state index contributed by atoms with van der Waals surface area (Å²) in [4.78, 5) is 4.62. The van der Waals surface area contributed by atoms with Gasteiger partial charge in [0.25, 0.3) is 0 Å². The van der Waals surface area contributed by atoms with Crippen molar-refractivity contribution >= 4 is 23.1 Å². The number of rotatable bonds is 6. The summed E-state index contributed by atoms with van der Waals surface area (Å²) in [5, 5.41) is 12.3. The van der Waals surface area contributed by atoms with Gasteiger partial charge in [0.15, 0.2) is 21.7 Å². The minimum absolute atomic E-state index is 0.272. The van der Waals surface area contributed by atoms with Gasteiger partial charge in [-0.25, -0.2) is 9.37 Å². The van der Waals surface area contributed by atoms with Crippen molar-refractivity contribution in [2.45, 2.75) is 29.8 Å². The number of thiazole rings is 1. The molecule has 136 valence electrons. The van der Waals surface area contributed by atoms with Crippen LogP contribution in [0.2, 0.25) is 0 Å². The van der Waals surface area contributed by atoms with E-state index < -0.39 is 0 Å². The lowest BCUT2D eigenvalue weighted by Crippen LogP contribution is -2.01. The lowest BCUT2D eigenvalue weighted by atomic mass is 10.2. The van der Waals surface area contributed by atoms with Gasteiger partial charge >= 0.3 is 0 Å². The molecule has 0 bridgehead atoms. The normalized spacial score (nSPS) is 14.0. The van der Waals surface area contributed by atoms with Crippen molar-refractivity contribution in [2.24, 2.45) is 0 Å². The van der Waals surface area contributed by atoms with Gasteiger partial charge in [-0.1, -0.05) is 23.9 Å². The molecule has 0 spiro atoms. The molecule has 0 saturated heterocycles. The molecule has 27 heavy (non-hydrogen) atoms. The van der Waals surface area contributed by atoms with Gasteiger partial charge in [0, 0.05) is 17.2 Å². The van der Waals surface area contributed by atoms with Gasteiger partial charge in [-0.05, 0) is 37.1 Å². The number of aromatic nitrogens is 4. The molecule has 1 aromatic carbocycles. The van der Waals surface area contributed by atoms with Crippen molar-refractivity contribution in [2.75, 3.05) is 0 Å². The summed E-state index contributed by atoms with van der Waals surface area (Å²) in [5.74, 6) is 1.79. The molecule has 1 aliphatic rings. The zero-order valence-corrected chi connectivity index (χ0v) is 15.8. The molecule has 1 fully saturated rings. The van der Waals surface area contributed by atoms with Crippen LogP contribution in [-0.2, 0) is 5.75 Å². The molecule has 1 aliphatic carbocycles. The van der Waals surface area contributed by atoms with Crippen molar-refractivity contribution in [1.29, 1.82) is 0 Å². The maximum Gasteiger partial charge on any atom is 0.192 e. The number of hydrogen-bond acceptors (Lipinski definition) is 6. The minimum atomic E-state index is -0.272. The molecular formula is C19H15FN4OS2. The highest BCUT2D eigenvalue weighted by atomic mass is 32.2. The molecule has 0 amide bonds. The zero-order valence-electron chi connectivity index (χ0n) is 14.2. The summed E-state index contributed by atoms with van der Waals surface area (Å²) >= 11 is 3.14. The van der Waals surface area contributed by atoms with E-state index >= 15 is 0 Å². The van der Waals surface area contributed by atoms with Crippen LogP contribution < -0.4 is 0 Å². The quantitative estimate of drug-likeness (QED) is 0.406. The Morgan fingerprint density at radius 3 is 2.85 bits per heavy atom. The smallest absolute Gasteiger partial charge is 0.192 e. The van der Waals surface area contributed by atoms with E-state index in [1.54, 1.807) is 41.5 Å². The number of halogens is 1. The Morgan fingerprint density at radius 2 is 2.07 bits per heavy atom. The molecule has 4 aromatic rings. The lowest BCUT2D eigenvalue weighted by Gasteiger charge is -2.08. The third kappa shape index (κ3) is 3.30. The molecule has 0 unspecified atom stereocenters. The molecule has 0 aliphatic heterocycles. The first-order chi connectivity index (χ1) is 13.3. The first-order valence-corrected chi connectivity index (χ1v) is 10.5. The van der Waals surface area contributed by atoms with Crippen LogP contribution in [0.25, 0.3) is 22.2 Å². The molecule has 5 nitrogen and oxygen atoms in total. The van der Waals surface area contributed by atoms with E-state index in [1.165, 1.54) is 6.07 Å². The molecular weight excluding hydrogens is 383 g/mol. The standard InChI is InChI=1S/C19H15FN4OS2/c20-15-5-2-1-4-14(15)17-22-23-19(24(17)13-7-8-13)27-11-12-10-26-18(21-12)16-6-3-9-25-16/h1-6,9-10,13H,7-8,11H2. The number of furan rings is 1. The van der Waals surface area contributed by atoms with E-state index in [-0.39, 0.29) is 5.82 Å². The summed E-state index contributed by atoms with van der Waals surface area (Å²) in [6, 6.07) is 10.8. The van der Waals surface area contributed by atoms with Crippen molar-refractivity contribution in [3.05, 3.63) is 59.6 Å². The van der Waals surface area contributed by atoms with Gasteiger partial charge in [0.2, 0.25) is 0 Å². The van der Waals surface area contributed by atoms with E-state index in [0.29, 0.717) is 23.2 Å². The van der Waals surface area contributed by atoms with Gasteiger partial charge in [-0.3, -0.25) is 4.57 Å². The minimum Gasteiger partial charge on any atom is -0.462 e. The third-order valence-corrected chi connectivity index (χ3v) is 6.21. The molecule has 0 atom stereocenters. The fourth-order valence-corrected chi connectivity index (χ4v) is 4.68. The van der Waals surface area contributed by atoms with Gasteiger partial charge in [-0.2, -0.15) is 0 Å². The Labute approximate surface area is 163 Å². The molecule has 0 radical (unpaired) electrons. The second kappa shape index (κ2) is 6.94. The van der Waals surface area contributed by atoms with Gasteiger partial charge in [-0.15, -0.1) is 21.5 Å². The van der Waals surface area contributed by atoms with Crippen LogP contribution in [0.5, 0.6) is 0 Å². The predicted octanol–water partition coefficient (Wildman–Crippen LogP) is 5.43. The van der Waals surface area contributed by atoms with Gasteiger partial charge in [0.05, 0.1) is 17.5 Å². The van der Waals surface area contributed by atoms with E-state index in [9.17, 15) is 4.39 Å². The van der Waals surface area contributed by atoms with Crippen LogP contribution in [0, 0.1) is 5.82 Å². The Bertz CT molecular complexity index is 1070. The van der Waals surface area contributed by atoms with Crippen LogP contribution in [0.1, 0.15) is 24.6 Å². The van der Waals surface area contributed by atoms with Gasteiger partial charge < -0.3 is 4.42 Å². The fourth-order valence-electron chi connectivity index (χ4n) is 2.89. The highest BCUT2D eigenvalue weighted by Crippen LogP contribution is 2.42. The number of benzene rings is 1. The van der Waals surface area contributed by atoms with Crippen molar-refractivity contribution in [1.82, 2.24) is 19.7 Å². The first-order valence-electron chi connectivity index (χ1n) is 8.60. The van der Waals surface area contributed by atoms with Crippen molar-refractivity contribution in [3.8, 4) is 22.2 Å². The van der Waals surface area contributed by atoms with E-state index in [1.807, 2.05) is 23.6 Å². The molecule has 3 heterocycles.